The molecule has 0 aromatic heterocycles. The van der Waals surface area contributed by atoms with Crippen LogP contribution in [-0.2, 0) is 23.1 Å². The SMILES string of the molecule is C=C(CCC[C@@H]1CC=C[C@@H](CCO[Si](C)(C)C(C)(C)C)O1)CC(C=CC[C@H](O)[C@H]1COC(C)(C)O1)O[Si](C)(C)C(C)(C)C. The van der Waals surface area contributed by atoms with E-state index in [-0.39, 0.29) is 34.5 Å². The summed E-state index contributed by atoms with van der Waals surface area (Å²) in [6, 6.07) is 0. The van der Waals surface area contributed by atoms with Crippen LogP contribution in [0.25, 0.3) is 0 Å². The van der Waals surface area contributed by atoms with Gasteiger partial charge in [-0.2, -0.15) is 0 Å². The van der Waals surface area contributed by atoms with E-state index in [9.17, 15) is 5.11 Å². The molecule has 2 aliphatic rings. The van der Waals surface area contributed by atoms with Crippen LogP contribution in [0, 0.1) is 0 Å². The first-order valence-corrected chi connectivity index (χ1v) is 22.4. The van der Waals surface area contributed by atoms with Gasteiger partial charge in [-0.3, -0.25) is 0 Å². The zero-order valence-corrected chi connectivity index (χ0v) is 31.8. The molecule has 0 radical (unpaired) electrons. The minimum Gasteiger partial charge on any atom is -0.417 e. The fourth-order valence-corrected chi connectivity index (χ4v) is 7.16. The maximum Gasteiger partial charge on any atom is 0.192 e. The van der Waals surface area contributed by atoms with Crippen molar-refractivity contribution in [1.82, 2.24) is 0 Å². The topological polar surface area (TPSA) is 66.4 Å². The van der Waals surface area contributed by atoms with Crippen LogP contribution < -0.4 is 0 Å². The number of aliphatic hydroxyl groups excluding tert-OH is 1. The molecule has 2 heterocycles. The van der Waals surface area contributed by atoms with Gasteiger partial charge in [-0.15, -0.1) is 0 Å². The second kappa shape index (κ2) is 15.8. The van der Waals surface area contributed by atoms with E-state index in [1.54, 1.807) is 0 Å². The summed E-state index contributed by atoms with van der Waals surface area (Å²) >= 11 is 0. The molecule has 8 heteroatoms. The van der Waals surface area contributed by atoms with Crippen LogP contribution in [-0.4, -0.2) is 71.3 Å². The van der Waals surface area contributed by atoms with Crippen molar-refractivity contribution < 1.29 is 28.2 Å². The summed E-state index contributed by atoms with van der Waals surface area (Å²) in [5.74, 6) is -0.639. The van der Waals surface area contributed by atoms with Crippen molar-refractivity contribution in [3.8, 4) is 0 Å². The van der Waals surface area contributed by atoms with E-state index in [1.807, 2.05) is 19.9 Å². The molecule has 5 atom stereocenters. The fourth-order valence-electron chi connectivity index (χ4n) is 4.82. The average Bonchev–Trinajstić information content (AvgIpc) is 3.22. The number of aliphatic hydroxyl groups is 1. The number of hydrogen-bond donors (Lipinski definition) is 1. The minimum atomic E-state index is -1.99. The first kappa shape index (κ1) is 38.6. The summed E-state index contributed by atoms with van der Waals surface area (Å²) < 4.78 is 31.1. The molecular formula is C35H66O6Si2. The van der Waals surface area contributed by atoms with Gasteiger partial charge in [-0.1, -0.05) is 78.0 Å². The van der Waals surface area contributed by atoms with E-state index in [0.717, 1.165) is 45.1 Å². The third-order valence-corrected chi connectivity index (χ3v) is 18.8. The summed E-state index contributed by atoms with van der Waals surface area (Å²) in [6.45, 7) is 32.2. The van der Waals surface area contributed by atoms with E-state index in [4.69, 9.17) is 23.1 Å². The molecule has 0 aromatic carbocycles. The van der Waals surface area contributed by atoms with Gasteiger partial charge in [0.25, 0.3) is 0 Å². The van der Waals surface area contributed by atoms with Crippen molar-refractivity contribution in [2.75, 3.05) is 13.2 Å². The van der Waals surface area contributed by atoms with Gasteiger partial charge in [0.05, 0.1) is 31.0 Å². The van der Waals surface area contributed by atoms with Gasteiger partial charge in [0.15, 0.2) is 22.4 Å². The maximum atomic E-state index is 10.7. The zero-order valence-electron chi connectivity index (χ0n) is 29.8. The molecule has 0 amide bonds. The first-order chi connectivity index (χ1) is 19.6. The second-order valence-electron chi connectivity index (χ2n) is 16.2. The lowest BCUT2D eigenvalue weighted by Gasteiger charge is -2.39. The van der Waals surface area contributed by atoms with E-state index in [0.29, 0.717) is 13.0 Å². The van der Waals surface area contributed by atoms with Gasteiger partial charge in [0, 0.05) is 6.61 Å². The van der Waals surface area contributed by atoms with Gasteiger partial charge in [0.2, 0.25) is 0 Å². The van der Waals surface area contributed by atoms with Gasteiger partial charge >= 0.3 is 0 Å². The van der Waals surface area contributed by atoms with Crippen molar-refractivity contribution in [2.45, 2.75) is 173 Å². The van der Waals surface area contributed by atoms with Crippen LogP contribution in [0.3, 0.4) is 0 Å². The Morgan fingerprint density at radius 2 is 1.72 bits per heavy atom. The monoisotopic (exact) mass is 638 g/mol. The Morgan fingerprint density at radius 1 is 1.07 bits per heavy atom. The summed E-state index contributed by atoms with van der Waals surface area (Å²) in [4.78, 5) is 0. The Balaban J connectivity index is 1.85. The Kier molecular flexibility index (Phi) is 14.2. The normalized spacial score (nSPS) is 24.9. The smallest absolute Gasteiger partial charge is 0.192 e. The molecule has 0 aromatic rings. The molecule has 0 bridgehead atoms. The van der Waals surface area contributed by atoms with Gasteiger partial charge in [-0.05, 0) is 95.1 Å². The molecule has 2 rings (SSSR count). The highest BCUT2D eigenvalue weighted by atomic mass is 28.4. The Hall–Kier alpha value is -0.586. The molecular weight excluding hydrogens is 573 g/mol. The summed E-state index contributed by atoms with van der Waals surface area (Å²) in [5, 5.41) is 11.0. The highest BCUT2D eigenvalue weighted by molar-refractivity contribution is 6.74. The largest absolute Gasteiger partial charge is 0.417 e. The van der Waals surface area contributed by atoms with Crippen LogP contribution in [0.1, 0.15) is 100 Å². The van der Waals surface area contributed by atoms with Gasteiger partial charge < -0.3 is 28.2 Å². The van der Waals surface area contributed by atoms with Crippen molar-refractivity contribution in [1.29, 1.82) is 0 Å². The van der Waals surface area contributed by atoms with Crippen LogP contribution in [0.4, 0.5) is 0 Å². The molecule has 2 aliphatic heterocycles. The molecule has 1 N–H and O–H groups in total. The number of ether oxygens (including phenoxy) is 3. The van der Waals surface area contributed by atoms with Crippen molar-refractivity contribution in [3.63, 3.8) is 0 Å². The van der Waals surface area contributed by atoms with E-state index in [1.165, 1.54) is 5.57 Å². The maximum absolute atomic E-state index is 10.7. The predicted molar refractivity (Wildman–Crippen MR) is 185 cm³/mol. The number of hydrogen-bond acceptors (Lipinski definition) is 6. The van der Waals surface area contributed by atoms with Crippen LogP contribution in [0.15, 0.2) is 36.5 Å². The van der Waals surface area contributed by atoms with E-state index in [2.05, 4.69) is 92.5 Å². The lowest BCUT2D eigenvalue weighted by molar-refractivity contribution is -0.150. The highest BCUT2D eigenvalue weighted by Crippen LogP contribution is 2.39. The third kappa shape index (κ3) is 13.0. The second-order valence-corrected chi connectivity index (χ2v) is 25.8. The summed E-state index contributed by atoms with van der Waals surface area (Å²) in [7, 11) is -3.72. The Labute approximate surface area is 266 Å². The predicted octanol–water partition coefficient (Wildman–Crippen LogP) is 9.08. The zero-order chi connectivity index (χ0) is 32.7. The lowest BCUT2D eigenvalue weighted by Crippen LogP contribution is -2.43. The summed E-state index contributed by atoms with van der Waals surface area (Å²) in [6.07, 6.45) is 14.3. The van der Waals surface area contributed by atoms with Crippen molar-refractivity contribution in [3.05, 3.63) is 36.5 Å². The molecule has 0 aliphatic carbocycles. The first-order valence-electron chi connectivity index (χ1n) is 16.6. The molecule has 6 nitrogen and oxygen atoms in total. The molecule has 43 heavy (non-hydrogen) atoms. The number of rotatable bonds is 16. The Morgan fingerprint density at radius 3 is 2.30 bits per heavy atom. The van der Waals surface area contributed by atoms with Crippen molar-refractivity contribution in [2.24, 2.45) is 0 Å². The quantitative estimate of drug-likeness (QED) is 0.134. The molecule has 1 saturated heterocycles. The molecule has 0 saturated carbocycles. The van der Waals surface area contributed by atoms with Crippen LogP contribution in [0.2, 0.25) is 36.3 Å². The average molecular weight is 639 g/mol. The molecule has 1 fully saturated rings. The van der Waals surface area contributed by atoms with Gasteiger partial charge in [0.1, 0.15) is 6.10 Å². The lowest BCUT2D eigenvalue weighted by atomic mass is 9.99. The molecule has 250 valence electrons. The molecule has 1 unspecified atom stereocenters. The van der Waals surface area contributed by atoms with Crippen LogP contribution in [0.5, 0.6) is 0 Å². The highest BCUT2D eigenvalue weighted by Gasteiger charge is 2.40. The summed E-state index contributed by atoms with van der Waals surface area (Å²) in [5.41, 5.74) is 1.20. The van der Waals surface area contributed by atoms with Crippen molar-refractivity contribution >= 4 is 16.6 Å². The minimum absolute atomic E-state index is 0.0584. The fraction of sp³-hybridized carbons (Fsp3) is 0.829. The molecule has 0 spiro atoms. The van der Waals surface area contributed by atoms with E-state index < -0.39 is 28.5 Å². The van der Waals surface area contributed by atoms with E-state index >= 15 is 0 Å². The third-order valence-electron chi connectivity index (χ3n) is 9.77. The van der Waals surface area contributed by atoms with Crippen LogP contribution >= 0.6 is 0 Å². The standard InChI is InChI=1S/C35H66O6Si2/c1-27(17-14-18-28-19-15-20-29(39-28)23-24-38-42(10,11)33(2,3)4)25-30(41-43(12,13)34(5,6)7)21-16-22-31(36)32-26-37-35(8,9)40-32/h15-16,20-21,28-32,36H,1,14,17-19,22-26H2,2-13H3/t28-,29+,30?,31+,32-/m1/s1. The Bertz CT molecular complexity index is 928. The van der Waals surface area contributed by atoms with Gasteiger partial charge in [-0.25, -0.2) is 0 Å².